The van der Waals surface area contributed by atoms with E-state index in [2.05, 4.69) is 4.98 Å². The van der Waals surface area contributed by atoms with Crippen LogP contribution >= 0.6 is 23.2 Å². The zero-order valence-corrected chi connectivity index (χ0v) is 13.0. The Labute approximate surface area is 136 Å². The first-order valence-corrected chi connectivity index (χ1v) is 7.52. The number of alkyl halides is 2. The van der Waals surface area contributed by atoms with E-state index in [1.165, 1.54) is 6.20 Å². The number of hydrogen-bond acceptors (Lipinski definition) is 2. The molecule has 0 spiro atoms. The maximum atomic E-state index is 13.6. The molecule has 116 valence electrons. The molecule has 22 heavy (non-hydrogen) atoms. The van der Waals surface area contributed by atoms with Gasteiger partial charge in [0.2, 0.25) is 5.92 Å². The summed E-state index contributed by atoms with van der Waals surface area (Å²) >= 11 is 11.9. The monoisotopic (exact) mass is 343 g/mol. The predicted octanol–water partition coefficient (Wildman–Crippen LogP) is 4.79. The van der Waals surface area contributed by atoms with Crippen LogP contribution in [0.1, 0.15) is 30.2 Å². The van der Waals surface area contributed by atoms with E-state index in [0.29, 0.717) is 16.3 Å². The number of halogens is 4. The molecule has 1 heterocycles. The summed E-state index contributed by atoms with van der Waals surface area (Å²) in [6, 6.07) is 9.78. The Morgan fingerprint density at radius 2 is 1.82 bits per heavy atom. The third-order valence-electron chi connectivity index (χ3n) is 4.13. The molecule has 0 amide bonds. The van der Waals surface area contributed by atoms with E-state index in [1.807, 2.05) is 0 Å². The molecule has 0 unspecified atom stereocenters. The second-order valence-corrected chi connectivity index (χ2v) is 6.47. The zero-order valence-electron chi connectivity index (χ0n) is 11.4. The SMILES string of the molecule is O[C@H](c1ccccn1)C1(c2ccc(Cl)c(Cl)c2)CC(F)(F)C1. The van der Waals surface area contributed by atoms with Gasteiger partial charge in [-0.25, -0.2) is 8.78 Å². The van der Waals surface area contributed by atoms with Gasteiger partial charge in [-0.15, -0.1) is 0 Å². The summed E-state index contributed by atoms with van der Waals surface area (Å²) in [6.45, 7) is 0. The van der Waals surface area contributed by atoms with Gasteiger partial charge in [0.1, 0.15) is 6.10 Å². The Morgan fingerprint density at radius 3 is 2.36 bits per heavy atom. The van der Waals surface area contributed by atoms with Crippen LogP contribution in [-0.2, 0) is 5.41 Å². The van der Waals surface area contributed by atoms with Gasteiger partial charge < -0.3 is 5.11 Å². The highest BCUT2D eigenvalue weighted by Gasteiger charge is 2.61. The van der Waals surface area contributed by atoms with E-state index in [0.717, 1.165) is 0 Å². The number of benzene rings is 1. The van der Waals surface area contributed by atoms with Crippen molar-refractivity contribution < 1.29 is 13.9 Å². The Balaban J connectivity index is 2.04. The van der Waals surface area contributed by atoms with Gasteiger partial charge in [0.05, 0.1) is 15.7 Å². The van der Waals surface area contributed by atoms with E-state index in [-0.39, 0.29) is 5.02 Å². The van der Waals surface area contributed by atoms with Crippen LogP contribution in [0.15, 0.2) is 42.6 Å². The van der Waals surface area contributed by atoms with Gasteiger partial charge in [-0.05, 0) is 29.8 Å². The summed E-state index contributed by atoms with van der Waals surface area (Å²) < 4.78 is 27.2. The molecule has 0 bridgehead atoms. The fourth-order valence-electron chi connectivity index (χ4n) is 3.05. The summed E-state index contributed by atoms with van der Waals surface area (Å²) in [6.07, 6.45) is -0.505. The third kappa shape index (κ3) is 2.60. The van der Waals surface area contributed by atoms with Gasteiger partial charge in [-0.1, -0.05) is 35.3 Å². The average Bonchev–Trinajstić information content (AvgIpc) is 2.47. The third-order valence-corrected chi connectivity index (χ3v) is 4.87. The Kier molecular flexibility index (Phi) is 3.87. The lowest BCUT2D eigenvalue weighted by atomic mass is 9.58. The molecule has 0 saturated heterocycles. The van der Waals surface area contributed by atoms with Gasteiger partial charge >= 0.3 is 0 Å². The molecule has 2 nitrogen and oxygen atoms in total. The second-order valence-electron chi connectivity index (χ2n) is 5.65. The smallest absolute Gasteiger partial charge is 0.250 e. The number of aliphatic hydroxyl groups excluding tert-OH is 1. The molecule has 1 aliphatic carbocycles. The standard InChI is InChI=1S/C16H13Cl2F2NO/c17-11-5-4-10(7-12(11)18)15(8-16(19,20)9-15)14(22)13-3-1-2-6-21-13/h1-7,14,22H,8-9H2/t14-/m1/s1. The van der Waals surface area contributed by atoms with E-state index in [1.54, 1.807) is 36.4 Å². The lowest BCUT2D eigenvalue weighted by Gasteiger charge is -2.50. The van der Waals surface area contributed by atoms with Gasteiger partial charge in [-0.2, -0.15) is 0 Å². The normalized spacial score (nSPS) is 20.2. The molecule has 1 aromatic heterocycles. The Bertz CT molecular complexity index is 686. The van der Waals surface area contributed by atoms with Crippen molar-refractivity contribution in [3.8, 4) is 0 Å². The maximum Gasteiger partial charge on any atom is 0.250 e. The minimum atomic E-state index is -2.80. The minimum absolute atomic E-state index is 0.280. The van der Waals surface area contributed by atoms with E-state index in [4.69, 9.17) is 23.2 Å². The van der Waals surface area contributed by atoms with Crippen molar-refractivity contribution in [1.82, 2.24) is 4.98 Å². The van der Waals surface area contributed by atoms with Gasteiger partial charge in [-0.3, -0.25) is 4.98 Å². The first-order chi connectivity index (χ1) is 10.3. The number of hydrogen-bond donors (Lipinski definition) is 1. The van der Waals surface area contributed by atoms with Crippen molar-refractivity contribution in [2.45, 2.75) is 30.3 Å². The van der Waals surface area contributed by atoms with Crippen LogP contribution in [0.25, 0.3) is 0 Å². The maximum absolute atomic E-state index is 13.6. The Morgan fingerprint density at radius 1 is 1.09 bits per heavy atom. The fraction of sp³-hybridized carbons (Fsp3) is 0.312. The summed E-state index contributed by atoms with van der Waals surface area (Å²) in [7, 11) is 0. The van der Waals surface area contributed by atoms with Crippen LogP contribution in [0.2, 0.25) is 10.0 Å². The summed E-state index contributed by atoms with van der Waals surface area (Å²) in [5.74, 6) is -2.80. The van der Waals surface area contributed by atoms with E-state index >= 15 is 0 Å². The highest BCUT2D eigenvalue weighted by Crippen LogP contribution is 2.59. The minimum Gasteiger partial charge on any atom is -0.386 e. The summed E-state index contributed by atoms with van der Waals surface area (Å²) in [5, 5.41) is 11.3. The molecular weight excluding hydrogens is 331 g/mol. The first-order valence-electron chi connectivity index (χ1n) is 6.76. The largest absolute Gasteiger partial charge is 0.386 e. The number of aliphatic hydroxyl groups is 1. The van der Waals surface area contributed by atoms with Crippen molar-refractivity contribution >= 4 is 23.2 Å². The molecular formula is C16H13Cl2F2NO. The highest BCUT2D eigenvalue weighted by molar-refractivity contribution is 6.42. The number of aromatic nitrogens is 1. The molecule has 0 radical (unpaired) electrons. The fourth-order valence-corrected chi connectivity index (χ4v) is 3.35. The predicted molar refractivity (Wildman–Crippen MR) is 81.5 cm³/mol. The van der Waals surface area contributed by atoms with Gasteiger partial charge in [0, 0.05) is 24.5 Å². The molecule has 1 saturated carbocycles. The lowest BCUT2D eigenvalue weighted by molar-refractivity contribution is -0.163. The Hall–Kier alpha value is -1.23. The number of nitrogens with zero attached hydrogens (tertiary/aromatic N) is 1. The van der Waals surface area contributed by atoms with Crippen molar-refractivity contribution in [1.29, 1.82) is 0 Å². The van der Waals surface area contributed by atoms with Crippen molar-refractivity contribution in [2.24, 2.45) is 0 Å². The molecule has 2 aromatic rings. The van der Waals surface area contributed by atoms with Crippen LogP contribution in [0, 0.1) is 0 Å². The van der Waals surface area contributed by atoms with Crippen LogP contribution in [-0.4, -0.2) is 16.0 Å². The van der Waals surface area contributed by atoms with Crippen molar-refractivity contribution in [2.75, 3.05) is 0 Å². The molecule has 0 aliphatic heterocycles. The topological polar surface area (TPSA) is 33.1 Å². The van der Waals surface area contributed by atoms with Gasteiger partial charge in [0.15, 0.2) is 0 Å². The van der Waals surface area contributed by atoms with Crippen molar-refractivity contribution in [3.05, 3.63) is 63.9 Å². The van der Waals surface area contributed by atoms with Crippen molar-refractivity contribution in [3.63, 3.8) is 0 Å². The molecule has 3 rings (SSSR count). The summed E-state index contributed by atoms with van der Waals surface area (Å²) in [5.41, 5.74) is -0.193. The molecule has 1 fully saturated rings. The van der Waals surface area contributed by atoms with E-state index < -0.39 is 30.3 Å². The van der Waals surface area contributed by atoms with Crippen LogP contribution in [0.5, 0.6) is 0 Å². The highest BCUT2D eigenvalue weighted by atomic mass is 35.5. The summed E-state index contributed by atoms with van der Waals surface area (Å²) in [4.78, 5) is 4.09. The van der Waals surface area contributed by atoms with Gasteiger partial charge in [0.25, 0.3) is 0 Å². The zero-order chi connectivity index (χ0) is 16.0. The molecule has 1 N–H and O–H groups in total. The number of rotatable bonds is 3. The van der Waals surface area contributed by atoms with Crippen LogP contribution in [0.3, 0.4) is 0 Å². The molecule has 1 atom stereocenters. The average molecular weight is 344 g/mol. The second kappa shape index (κ2) is 5.44. The van der Waals surface area contributed by atoms with Crippen LogP contribution in [0.4, 0.5) is 8.78 Å². The quantitative estimate of drug-likeness (QED) is 0.869. The number of pyridine rings is 1. The molecule has 6 heteroatoms. The lowest BCUT2D eigenvalue weighted by Crippen LogP contribution is -2.53. The van der Waals surface area contributed by atoms with Crippen LogP contribution < -0.4 is 0 Å². The molecule has 1 aromatic carbocycles. The van der Waals surface area contributed by atoms with E-state index in [9.17, 15) is 13.9 Å². The first kappa shape index (κ1) is 15.7. The molecule has 1 aliphatic rings.